The highest BCUT2D eigenvalue weighted by Gasteiger charge is 2.14. The van der Waals surface area contributed by atoms with Crippen LogP contribution in [0.5, 0.6) is 10.9 Å². The molecule has 0 fully saturated rings. The molecule has 8 heteroatoms. The van der Waals surface area contributed by atoms with Gasteiger partial charge in [0.1, 0.15) is 11.6 Å². The summed E-state index contributed by atoms with van der Waals surface area (Å²) >= 11 is 1.19. The van der Waals surface area contributed by atoms with Crippen LogP contribution in [0.25, 0.3) is 0 Å². The molecule has 0 unspecified atom stereocenters. The molecule has 26 heavy (non-hydrogen) atoms. The highest BCUT2D eigenvalue weighted by Crippen LogP contribution is 2.27. The van der Waals surface area contributed by atoms with E-state index < -0.39 is 10.0 Å². The number of anilines is 1. The smallest absolute Gasteiger partial charge is 0.298 e. The number of aryl methyl sites for hydroxylation is 1. The molecule has 3 rings (SSSR count). The summed E-state index contributed by atoms with van der Waals surface area (Å²) in [5, 5.41) is 0.460. The maximum Gasteiger partial charge on any atom is 0.298 e. The second-order valence-electron chi connectivity index (χ2n) is 6.12. The number of benzene rings is 2. The lowest BCUT2D eigenvalue weighted by Gasteiger charge is -2.09. The van der Waals surface area contributed by atoms with Gasteiger partial charge in [0.2, 0.25) is 0 Å². The predicted molar refractivity (Wildman–Crippen MR) is 103 cm³/mol. The Morgan fingerprint density at radius 3 is 2.27 bits per heavy atom. The molecule has 2 aromatic carbocycles. The third-order valence-electron chi connectivity index (χ3n) is 3.58. The summed E-state index contributed by atoms with van der Waals surface area (Å²) in [7, 11) is -3.62. The van der Waals surface area contributed by atoms with E-state index in [1.165, 1.54) is 11.5 Å². The Morgan fingerprint density at radius 2 is 1.69 bits per heavy atom. The van der Waals surface area contributed by atoms with Crippen LogP contribution in [-0.2, 0) is 10.0 Å². The van der Waals surface area contributed by atoms with E-state index in [2.05, 4.69) is 14.1 Å². The minimum Gasteiger partial charge on any atom is -0.430 e. The second-order valence-corrected chi connectivity index (χ2v) is 8.51. The maximum atomic E-state index is 12.4. The summed E-state index contributed by atoms with van der Waals surface area (Å²) in [6.45, 7) is 5.94. The summed E-state index contributed by atoms with van der Waals surface area (Å²) in [5.41, 5.74) is 1.46. The third-order valence-corrected chi connectivity index (χ3v) is 5.59. The molecule has 1 N–H and O–H groups in total. The number of nitrogens with one attached hydrogen (secondary N) is 1. The minimum absolute atomic E-state index is 0.221. The summed E-state index contributed by atoms with van der Waals surface area (Å²) < 4.78 is 37.2. The number of hydrogen-bond donors (Lipinski definition) is 1. The van der Waals surface area contributed by atoms with Crippen molar-refractivity contribution in [3.63, 3.8) is 0 Å². The molecule has 1 heterocycles. The summed E-state index contributed by atoms with van der Waals surface area (Å²) in [5.74, 6) is 1.55. The van der Waals surface area contributed by atoms with E-state index in [4.69, 9.17) is 4.74 Å². The Labute approximate surface area is 157 Å². The van der Waals surface area contributed by atoms with E-state index in [0.717, 1.165) is 11.4 Å². The van der Waals surface area contributed by atoms with Gasteiger partial charge < -0.3 is 4.74 Å². The number of rotatable bonds is 6. The average molecular weight is 390 g/mol. The fourth-order valence-electron chi connectivity index (χ4n) is 2.12. The molecular weight excluding hydrogens is 370 g/mol. The van der Waals surface area contributed by atoms with E-state index in [0.29, 0.717) is 16.6 Å². The fourth-order valence-corrected chi connectivity index (χ4v) is 3.87. The van der Waals surface area contributed by atoms with Crippen molar-refractivity contribution < 1.29 is 13.2 Å². The third kappa shape index (κ3) is 4.39. The lowest BCUT2D eigenvalue weighted by molar-refractivity contribution is 0.476. The highest BCUT2D eigenvalue weighted by molar-refractivity contribution is 7.92. The Morgan fingerprint density at radius 1 is 1.04 bits per heavy atom. The van der Waals surface area contributed by atoms with Crippen molar-refractivity contribution in [2.24, 2.45) is 0 Å². The fraction of sp³-hybridized carbons (Fsp3) is 0.222. The van der Waals surface area contributed by atoms with Crippen LogP contribution >= 0.6 is 11.5 Å². The van der Waals surface area contributed by atoms with Gasteiger partial charge in [0.25, 0.3) is 15.2 Å². The zero-order chi connectivity index (χ0) is 18.7. The van der Waals surface area contributed by atoms with Gasteiger partial charge in [0.05, 0.1) is 4.90 Å². The quantitative estimate of drug-likeness (QED) is 0.668. The monoisotopic (exact) mass is 389 g/mol. The Balaban J connectivity index is 1.70. The van der Waals surface area contributed by atoms with Crippen molar-refractivity contribution in [2.45, 2.75) is 31.6 Å². The molecule has 1 aromatic heterocycles. The molecule has 3 aromatic rings. The summed E-state index contributed by atoms with van der Waals surface area (Å²) in [6, 6.07) is 13.3. The SMILES string of the molecule is Cc1ccc(S(=O)(=O)Nc2ccc(Oc3nc(C(C)C)ns3)cc2)cc1. The van der Waals surface area contributed by atoms with Gasteiger partial charge in [-0.3, -0.25) is 4.72 Å². The van der Waals surface area contributed by atoms with Crippen LogP contribution in [-0.4, -0.2) is 17.8 Å². The molecule has 0 spiro atoms. The second kappa shape index (κ2) is 7.43. The van der Waals surface area contributed by atoms with Crippen molar-refractivity contribution in [1.29, 1.82) is 0 Å². The topological polar surface area (TPSA) is 81.2 Å². The van der Waals surface area contributed by atoms with E-state index in [9.17, 15) is 8.42 Å². The van der Waals surface area contributed by atoms with E-state index in [1.54, 1.807) is 48.5 Å². The van der Waals surface area contributed by atoms with Crippen LogP contribution in [0.2, 0.25) is 0 Å². The van der Waals surface area contributed by atoms with Crippen LogP contribution in [0.15, 0.2) is 53.4 Å². The molecule has 0 saturated carbocycles. The van der Waals surface area contributed by atoms with Gasteiger partial charge in [-0.2, -0.15) is 9.36 Å². The van der Waals surface area contributed by atoms with E-state index in [-0.39, 0.29) is 10.8 Å². The van der Waals surface area contributed by atoms with Gasteiger partial charge in [0.15, 0.2) is 0 Å². The van der Waals surface area contributed by atoms with Gasteiger partial charge in [0, 0.05) is 23.1 Å². The first-order chi connectivity index (χ1) is 12.3. The van der Waals surface area contributed by atoms with Crippen LogP contribution in [0.4, 0.5) is 5.69 Å². The number of aromatic nitrogens is 2. The minimum atomic E-state index is -3.62. The molecule has 0 saturated heterocycles. The number of sulfonamides is 1. The largest absolute Gasteiger partial charge is 0.430 e. The molecule has 136 valence electrons. The number of hydrogen-bond acceptors (Lipinski definition) is 6. The van der Waals surface area contributed by atoms with Crippen LogP contribution in [0, 0.1) is 6.92 Å². The first kappa shape index (κ1) is 18.3. The predicted octanol–water partition coefficient (Wildman–Crippen LogP) is 4.56. The highest BCUT2D eigenvalue weighted by atomic mass is 32.2. The van der Waals surface area contributed by atoms with E-state index in [1.807, 2.05) is 20.8 Å². The summed E-state index contributed by atoms with van der Waals surface area (Å²) in [6.07, 6.45) is 0. The van der Waals surface area contributed by atoms with Gasteiger partial charge >= 0.3 is 0 Å². The van der Waals surface area contributed by atoms with Crippen molar-refractivity contribution in [2.75, 3.05) is 4.72 Å². The molecule has 0 atom stereocenters. The number of ether oxygens (including phenoxy) is 1. The lowest BCUT2D eigenvalue weighted by atomic mass is 10.2. The maximum absolute atomic E-state index is 12.4. The van der Waals surface area contributed by atoms with E-state index >= 15 is 0 Å². The van der Waals surface area contributed by atoms with Crippen LogP contribution in [0.3, 0.4) is 0 Å². The molecule has 0 bridgehead atoms. The van der Waals surface area contributed by atoms with Crippen molar-refractivity contribution in [1.82, 2.24) is 9.36 Å². The van der Waals surface area contributed by atoms with Crippen LogP contribution in [0.1, 0.15) is 31.2 Å². The molecule has 0 aliphatic carbocycles. The van der Waals surface area contributed by atoms with Crippen molar-refractivity contribution >= 4 is 27.2 Å². The Bertz CT molecular complexity index is 979. The first-order valence-electron chi connectivity index (χ1n) is 8.04. The first-order valence-corrected chi connectivity index (χ1v) is 10.3. The molecule has 0 amide bonds. The number of nitrogens with zero attached hydrogens (tertiary/aromatic N) is 2. The standard InChI is InChI=1S/C18H19N3O3S2/c1-12(2)17-19-18(25-20-17)24-15-8-6-14(7-9-15)21-26(22,23)16-10-4-13(3)5-11-16/h4-12,21H,1-3H3. The normalized spacial score (nSPS) is 11.5. The zero-order valence-corrected chi connectivity index (χ0v) is 16.3. The molecule has 0 aliphatic rings. The zero-order valence-electron chi connectivity index (χ0n) is 14.6. The van der Waals surface area contributed by atoms with Gasteiger partial charge in [-0.15, -0.1) is 0 Å². The molecule has 0 radical (unpaired) electrons. The molecule has 6 nitrogen and oxygen atoms in total. The Hall–Kier alpha value is -2.45. The lowest BCUT2D eigenvalue weighted by Crippen LogP contribution is -2.12. The van der Waals surface area contributed by atoms with Crippen molar-refractivity contribution in [3.05, 3.63) is 59.9 Å². The molecular formula is C18H19N3O3S2. The molecule has 0 aliphatic heterocycles. The van der Waals surface area contributed by atoms with Gasteiger partial charge in [-0.05, 0) is 43.3 Å². The van der Waals surface area contributed by atoms with Gasteiger partial charge in [-0.1, -0.05) is 31.5 Å². The van der Waals surface area contributed by atoms with Gasteiger partial charge in [-0.25, -0.2) is 8.42 Å². The summed E-state index contributed by atoms with van der Waals surface area (Å²) in [4.78, 5) is 4.53. The van der Waals surface area contributed by atoms with Crippen LogP contribution < -0.4 is 9.46 Å². The Kier molecular flexibility index (Phi) is 5.24. The average Bonchev–Trinajstić information content (AvgIpc) is 3.06. The van der Waals surface area contributed by atoms with Crippen molar-refractivity contribution in [3.8, 4) is 10.9 Å².